The second-order valence-electron chi connectivity index (χ2n) is 6.89. The van der Waals surface area contributed by atoms with Gasteiger partial charge in [0, 0.05) is 16.5 Å². The number of amides is 1. The van der Waals surface area contributed by atoms with Gasteiger partial charge in [0.1, 0.15) is 0 Å². The van der Waals surface area contributed by atoms with Crippen LogP contribution in [0.1, 0.15) is 38.3 Å². The maximum Gasteiger partial charge on any atom is 0.250 e. The Kier molecular flexibility index (Phi) is 7.73. The lowest BCUT2D eigenvalue weighted by molar-refractivity contribution is -0.118. The Morgan fingerprint density at radius 3 is 2.46 bits per heavy atom. The monoisotopic (exact) mass is 388 g/mol. The van der Waals surface area contributed by atoms with Gasteiger partial charge in [-0.25, -0.2) is 5.43 Å². The van der Waals surface area contributed by atoms with E-state index in [4.69, 9.17) is 11.6 Å². The normalized spacial score (nSPS) is 12.1. The summed E-state index contributed by atoms with van der Waals surface area (Å²) in [4.78, 5) is 12.0. The molecule has 5 heteroatoms. The Morgan fingerprint density at radius 2 is 1.77 bits per heavy atom. The van der Waals surface area contributed by atoms with Crippen LogP contribution < -0.4 is 5.43 Å². The molecule has 0 aliphatic rings. The van der Waals surface area contributed by atoms with Gasteiger partial charge in [-0.1, -0.05) is 74.0 Å². The zero-order valence-electron chi connectivity index (χ0n) is 15.5. The first-order valence-corrected chi connectivity index (χ1v) is 10.1. The Bertz CT molecular complexity index is 760. The van der Waals surface area contributed by atoms with Crippen molar-refractivity contribution in [3.05, 3.63) is 70.7 Å². The number of hydrazone groups is 1. The topological polar surface area (TPSA) is 41.5 Å². The van der Waals surface area contributed by atoms with Crippen LogP contribution in [0.3, 0.4) is 0 Å². The molecular weight excluding hydrogens is 364 g/mol. The molecule has 0 saturated carbocycles. The number of hydrogen-bond acceptors (Lipinski definition) is 3. The van der Waals surface area contributed by atoms with Crippen molar-refractivity contribution in [2.45, 2.75) is 38.4 Å². The number of carbonyl (C=O) groups is 1. The summed E-state index contributed by atoms with van der Waals surface area (Å²) in [6.07, 6.45) is 0.782. The number of rotatable bonds is 8. The molecule has 0 saturated heterocycles. The molecule has 0 radical (unpaired) electrons. The van der Waals surface area contributed by atoms with E-state index < -0.39 is 0 Å². The molecule has 138 valence electrons. The number of benzene rings is 2. The standard InChI is InChI=1S/C21H25ClN2OS/c1-16(13-21(2,3)18-10-5-4-6-11-18)23-24-20(25)15-26-14-17-9-7-8-12-19(17)22/h4-12H,13-15H2,1-3H3,(H,24,25). The average molecular weight is 389 g/mol. The van der Waals surface area contributed by atoms with Crippen LogP contribution in [0.25, 0.3) is 0 Å². The Hall–Kier alpha value is -1.78. The zero-order chi connectivity index (χ0) is 19.0. The van der Waals surface area contributed by atoms with Crippen molar-refractivity contribution in [3.63, 3.8) is 0 Å². The van der Waals surface area contributed by atoms with E-state index in [1.165, 1.54) is 17.3 Å². The van der Waals surface area contributed by atoms with Gasteiger partial charge >= 0.3 is 0 Å². The van der Waals surface area contributed by atoms with Gasteiger partial charge in [-0.15, -0.1) is 11.8 Å². The second kappa shape index (κ2) is 9.79. The summed E-state index contributed by atoms with van der Waals surface area (Å²) in [5, 5.41) is 4.99. The summed E-state index contributed by atoms with van der Waals surface area (Å²) < 4.78 is 0. The third kappa shape index (κ3) is 6.50. The van der Waals surface area contributed by atoms with Crippen LogP contribution in [0.5, 0.6) is 0 Å². The second-order valence-corrected chi connectivity index (χ2v) is 8.29. The number of thioether (sulfide) groups is 1. The van der Waals surface area contributed by atoms with Crippen molar-refractivity contribution in [1.29, 1.82) is 0 Å². The Balaban J connectivity index is 1.79. The molecule has 0 atom stereocenters. The van der Waals surface area contributed by atoms with Crippen molar-refractivity contribution >= 4 is 35.0 Å². The number of nitrogens with zero attached hydrogens (tertiary/aromatic N) is 1. The summed E-state index contributed by atoms with van der Waals surface area (Å²) in [7, 11) is 0. The zero-order valence-corrected chi connectivity index (χ0v) is 17.0. The predicted molar refractivity (Wildman–Crippen MR) is 113 cm³/mol. The molecule has 2 aromatic rings. The third-order valence-electron chi connectivity index (χ3n) is 4.07. The van der Waals surface area contributed by atoms with Gasteiger partial charge in [-0.3, -0.25) is 4.79 Å². The van der Waals surface area contributed by atoms with Crippen molar-refractivity contribution in [1.82, 2.24) is 5.43 Å². The van der Waals surface area contributed by atoms with Gasteiger partial charge in [0.15, 0.2) is 0 Å². The Labute approximate surface area is 165 Å². The van der Waals surface area contributed by atoms with E-state index in [1.54, 1.807) is 0 Å². The fourth-order valence-corrected chi connectivity index (χ4v) is 3.84. The van der Waals surface area contributed by atoms with Crippen LogP contribution in [0.15, 0.2) is 59.7 Å². The van der Waals surface area contributed by atoms with Crippen molar-refractivity contribution in [3.8, 4) is 0 Å². The first-order chi connectivity index (χ1) is 12.4. The average Bonchev–Trinajstić information content (AvgIpc) is 2.62. The summed E-state index contributed by atoms with van der Waals surface area (Å²) in [5.41, 5.74) is 5.83. The summed E-state index contributed by atoms with van der Waals surface area (Å²) >= 11 is 7.64. The lowest BCUT2D eigenvalue weighted by atomic mass is 9.80. The van der Waals surface area contributed by atoms with Gasteiger partial charge < -0.3 is 0 Å². The maximum absolute atomic E-state index is 12.0. The van der Waals surface area contributed by atoms with Crippen LogP contribution >= 0.6 is 23.4 Å². The molecule has 0 aliphatic carbocycles. The van der Waals surface area contributed by atoms with Crippen LogP contribution in [0.4, 0.5) is 0 Å². The lowest BCUT2D eigenvalue weighted by Gasteiger charge is -2.25. The fraction of sp³-hybridized carbons (Fsp3) is 0.333. The first-order valence-electron chi connectivity index (χ1n) is 8.57. The summed E-state index contributed by atoms with van der Waals surface area (Å²) in [5.74, 6) is 0.958. The first kappa shape index (κ1) is 20.5. The molecule has 0 fully saturated rings. The largest absolute Gasteiger partial charge is 0.272 e. The minimum atomic E-state index is -0.0982. The highest BCUT2D eigenvalue weighted by Gasteiger charge is 2.21. The van der Waals surface area contributed by atoms with Crippen LogP contribution in [-0.4, -0.2) is 17.4 Å². The highest BCUT2D eigenvalue weighted by Crippen LogP contribution is 2.27. The number of hydrogen-bond donors (Lipinski definition) is 1. The van der Waals surface area contributed by atoms with E-state index in [1.807, 2.05) is 49.4 Å². The molecule has 2 rings (SSSR count). The highest BCUT2D eigenvalue weighted by molar-refractivity contribution is 7.99. The SMILES string of the molecule is CC(CC(C)(C)c1ccccc1)=NNC(=O)CSCc1ccccc1Cl. The van der Waals surface area contributed by atoms with Crippen LogP contribution in [0, 0.1) is 0 Å². The maximum atomic E-state index is 12.0. The molecule has 0 unspecified atom stereocenters. The summed E-state index contributed by atoms with van der Waals surface area (Å²) in [6.45, 7) is 6.31. The number of carbonyl (C=O) groups excluding carboxylic acids is 1. The van der Waals surface area contributed by atoms with Crippen LogP contribution in [-0.2, 0) is 16.0 Å². The van der Waals surface area contributed by atoms with Gasteiger partial charge in [0.05, 0.1) is 5.75 Å². The number of nitrogens with one attached hydrogen (secondary N) is 1. The number of halogens is 1. The van der Waals surface area contributed by atoms with Crippen LogP contribution in [0.2, 0.25) is 5.02 Å². The quantitative estimate of drug-likeness (QED) is 0.483. The Morgan fingerprint density at radius 1 is 1.12 bits per heavy atom. The molecule has 1 N–H and O–H groups in total. The third-order valence-corrected chi connectivity index (χ3v) is 5.42. The molecule has 1 amide bonds. The molecule has 3 nitrogen and oxygen atoms in total. The van der Waals surface area contributed by atoms with E-state index >= 15 is 0 Å². The van der Waals surface area contributed by atoms with Gasteiger partial charge in [0.2, 0.25) is 5.91 Å². The van der Waals surface area contributed by atoms with E-state index in [-0.39, 0.29) is 11.3 Å². The lowest BCUT2D eigenvalue weighted by Crippen LogP contribution is -2.25. The molecular formula is C21H25ClN2OS. The van der Waals surface area contributed by atoms with E-state index in [2.05, 4.69) is 36.5 Å². The smallest absolute Gasteiger partial charge is 0.250 e. The molecule has 2 aromatic carbocycles. The molecule has 0 bridgehead atoms. The molecule has 0 aromatic heterocycles. The van der Waals surface area contributed by atoms with E-state index in [0.29, 0.717) is 11.5 Å². The molecule has 26 heavy (non-hydrogen) atoms. The predicted octanol–water partition coefficient (Wildman–Crippen LogP) is 5.43. The van der Waals surface area contributed by atoms with Gasteiger partial charge in [-0.2, -0.15) is 5.10 Å². The van der Waals surface area contributed by atoms with E-state index in [0.717, 1.165) is 22.7 Å². The minimum Gasteiger partial charge on any atom is -0.272 e. The van der Waals surface area contributed by atoms with Crippen molar-refractivity contribution < 1.29 is 4.79 Å². The highest BCUT2D eigenvalue weighted by atomic mass is 35.5. The van der Waals surface area contributed by atoms with E-state index in [9.17, 15) is 4.79 Å². The van der Waals surface area contributed by atoms with Crippen molar-refractivity contribution in [2.24, 2.45) is 5.10 Å². The van der Waals surface area contributed by atoms with Gasteiger partial charge in [-0.05, 0) is 36.0 Å². The molecule has 0 aliphatic heterocycles. The molecule has 0 spiro atoms. The fourth-order valence-electron chi connectivity index (χ4n) is 2.73. The summed E-state index contributed by atoms with van der Waals surface area (Å²) in [6, 6.07) is 18.0. The van der Waals surface area contributed by atoms with Crippen molar-refractivity contribution in [2.75, 3.05) is 5.75 Å². The van der Waals surface area contributed by atoms with Gasteiger partial charge in [0.25, 0.3) is 0 Å². The molecule has 0 heterocycles. The minimum absolute atomic E-state index is 0.0294.